The summed E-state index contributed by atoms with van der Waals surface area (Å²) >= 11 is 0. The maximum absolute atomic E-state index is 10.7. The number of morpholine rings is 1. The molecule has 0 bridgehead atoms. The Labute approximate surface area is 147 Å². The molecular weight excluding hydrogens is 304 g/mol. The number of aliphatic imine (C=N–C) groups is 1. The fourth-order valence-corrected chi connectivity index (χ4v) is 3.52. The van der Waals surface area contributed by atoms with Gasteiger partial charge in [-0.1, -0.05) is 19.3 Å². The third-order valence-corrected chi connectivity index (χ3v) is 5.20. The highest BCUT2D eigenvalue weighted by Crippen LogP contribution is 2.27. The summed E-state index contributed by atoms with van der Waals surface area (Å²) in [6.07, 6.45) is 5.26. The summed E-state index contributed by atoms with van der Waals surface area (Å²) in [6, 6.07) is 0. The zero-order valence-corrected chi connectivity index (χ0v) is 15.7. The first-order valence-electron chi connectivity index (χ1n) is 9.53. The second-order valence-corrected chi connectivity index (χ2v) is 7.75. The fraction of sp³-hybridized carbons (Fsp3) is 0.944. The van der Waals surface area contributed by atoms with E-state index in [-0.39, 0.29) is 5.54 Å². The van der Waals surface area contributed by atoms with E-state index in [1.54, 1.807) is 0 Å². The number of rotatable bonds is 6. The Morgan fingerprint density at radius 1 is 1.17 bits per heavy atom. The molecule has 0 spiro atoms. The van der Waals surface area contributed by atoms with Crippen molar-refractivity contribution in [1.82, 2.24) is 15.5 Å². The molecule has 0 unspecified atom stereocenters. The van der Waals surface area contributed by atoms with Gasteiger partial charge in [-0.25, -0.2) is 0 Å². The molecule has 6 heteroatoms. The first-order chi connectivity index (χ1) is 11.5. The van der Waals surface area contributed by atoms with Crippen molar-refractivity contribution >= 4 is 5.96 Å². The molecule has 1 saturated carbocycles. The van der Waals surface area contributed by atoms with Crippen LogP contribution >= 0.6 is 0 Å². The van der Waals surface area contributed by atoms with Crippen molar-refractivity contribution in [3.8, 4) is 0 Å². The highest BCUT2D eigenvalue weighted by molar-refractivity contribution is 5.79. The number of hydrogen-bond donors (Lipinski definition) is 3. The van der Waals surface area contributed by atoms with Gasteiger partial charge in [0.15, 0.2) is 5.96 Å². The second kappa shape index (κ2) is 9.02. The first kappa shape index (κ1) is 19.5. The van der Waals surface area contributed by atoms with Crippen LogP contribution in [0.3, 0.4) is 0 Å². The number of aliphatic hydroxyl groups is 1. The SMILES string of the molecule is CCNC(=NCC(C)(C)N1CCOCC1)NCC1(O)CCCCC1. The minimum atomic E-state index is -0.575. The van der Waals surface area contributed by atoms with Gasteiger partial charge >= 0.3 is 0 Å². The molecule has 24 heavy (non-hydrogen) atoms. The lowest BCUT2D eigenvalue weighted by atomic mass is 9.85. The van der Waals surface area contributed by atoms with Gasteiger partial charge < -0.3 is 20.5 Å². The van der Waals surface area contributed by atoms with Crippen molar-refractivity contribution in [2.75, 3.05) is 45.9 Å². The molecule has 6 nitrogen and oxygen atoms in total. The Bertz CT molecular complexity index is 400. The highest BCUT2D eigenvalue weighted by atomic mass is 16.5. The van der Waals surface area contributed by atoms with Gasteiger partial charge in [0.2, 0.25) is 0 Å². The molecule has 1 heterocycles. The molecule has 3 N–H and O–H groups in total. The minimum absolute atomic E-state index is 0.00781. The van der Waals surface area contributed by atoms with Crippen LogP contribution in [0, 0.1) is 0 Å². The Morgan fingerprint density at radius 2 is 1.83 bits per heavy atom. The topological polar surface area (TPSA) is 69.1 Å². The van der Waals surface area contributed by atoms with E-state index in [9.17, 15) is 5.11 Å². The van der Waals surface area contributed by atoms with Gasteiger partial charge in [0.1, 0.15) is 0 Å². The number of ether oxygens (including phenoxy) is 1. The van der Waals surface area contributed by atoms with Crippen LogP contribution in [0.5, 0.6) is 0 Å². The number of guanidine groups is 1. The second-order valence-electron chi connectivity index (χ2n) is 7.75. The van der Waals surface area contributed by atoms with E-state index in [2.05, 4.69) is 36.3 Å². The van der Waals surface area contributed by atoms with Crippen LogP contribution in [0.1, 0.15) is 52.9 Å². The maximum Gasteiger partial charge on any atom is 0.191 e. The third kappa shape index (κ3) is 5.90. The van der Waals surface area contributed by atoms with Crippen molar-refractivity contribution in [3.63, 3.8) is 0 Å². The predicted octanol–water partition coefficient (Wildman–Crippen LogP) is 1.35. The van der Waals surface area contributed by atoms with Crippen LogP contribution in [0.15, 0.2) is 4.99 Å². The molecule has 0 atom stereocenters. The zero-order valence-electron chi connectivity index (χ0n) is 15.7. The molecule has 140 valence electrons. The number of nitrogens with one attached hydrogen (secondary N) is 2. The van der Waals surface area contributed by atoms with Crippen LogP contribution < -0.4 is 10.6 Å². The van der Waals surface area contributed by atoms with Crippen LogP contribution in [0.4, 0.5) is 0 Å². The average molecular weight is 341 g/mol. The largest absolute Gasteiger partial charge is 0.388 e. The van der Waals surface area contributed by atoms with E-state index < -0.39 is 5.60 Å². The molecule has 2 aliphatic rings. The fourth-order valence-electron chi connectivity index (χ4n) is 3.52. The Balaban J connectivity index is 1.89. The van der Waals surface area contributed by atoms with Gasteiger partial charge in [0.05, 0.1) is 25.4 Å². The van der Waals surface area contributed by atoms with E-state index in [1.165, 1.54) is 6.42 Å². The van der Waals surface area contributed by atoms with Crippen molar-refractivity contribution in [3.05, 3.63) is 0 Å². The van der Waals surface area contributed by atoms with E-state index in [4.69, 9.17) is 9.73 Å². The molecule has 0 aromatic heterocycles. The molecule has 0 aromatic carbocycles. The molecule has 2 fully saturated rings. The zero-order chi connectivity index (χ0) is 17.5. The lowest BCUT2D eigenvalue weighted by Crippen LogP contribution is -2.52. The molecular formula is C18H36N4O2. The van der Waals surface area contributed by atoms with Gasteiger partial charge in [-0.2, -0.15) is 0 Å². The van der Waals surface area contributed by atoms with E-state index in [0.717, 1.165) is 71.0 Å². The lowest BCUT2D eigenvalue weighted by molar-refractivity contribution is -0.00691. The number of hydrogen-bond acceptors (Lipinski definition) is 4. The summed E-state index contributed by atoms with van der Waals surface area (Å²) in [5, 5.41) is 17.3. The Kier molecular flexibility index (Phi) is 7.32. The van der Waals surface area contributed by atoms with Crippen LogP contribution in [0.2, 0.25) is 0 Å². The lowest BCUT2D eigenvalue weighted by Gasteiger charge is -2.40. The molecule has 0 amide bonds. The predicted molar refractivity (Wildman–Crippen MR) is 98.5 cm³/mol. The Morgan fingerprint density at radius 3 is 2.46 bits per heavy atom. The van der Waals surface area contributed by atoms with Gasteiger partial charge in [-0.3, -0.25) is 9.89 Å². The third-order valence-electron chi connectivity index (χ3n) is 5.20. The minimum Gasteiger partial charge on any atom is -0.388 e. The molecule has 1 saturated heterocycles. The van der Waals surface area contributed by atoms with Crippen molar-refractivity contribution in [2.45, 2.75) is 64.0 Å². The highest BCUT2D eigenvalue weighted by Gasteiger charge is 2.30. The van der Waals surface area contributed by atoms with Gasteiger partial charge in [-0.15, -0.1) is 0 Å². The summed E-state index contributed by atoms with van der Waals surface area (Å²) in [5.74, 6) is 0.804. The van der Waals surface area contributed by atoms with E-state index in [1.807, 2.05) is 0 Å². The van der Waals surface area contributed by atoms with E-state index in [0.29, 0.717) is 6.54 Å². The molecule has 1 aliphatic heterocycles. The van der Waals surface area contributed by atoms with E-state index >= 15 is 0 Å². The smallest absolute Gasteiger partial charge is 0.191 e. The normalized spacial score (nSPS) is 23.1. The first-order valence-corrected chi connectivity index (χ1v) is 9.53. The van der Waals surface area contributed by atoms with Crippen molar-refractivity contribution in [1.29, 1.82) is 0 Å². The van der Waals surface area contributed by atoms with Crippen LogP contribution in [-0.2, 0) is 4.74 Å². The molecule has 2 rings (SSSR count). The molecule has 0 radical (unpaired) electrons. The van der Waals surface area contributed by atoms with Crippen LogP contribution in [-0.4, -0.2) is 73.0 Å². The summed E-state index contributed by atoms with van der Waals surface area (Å²) in [7, 11) is 0. The average Bonchev–Trinajstić information content (AvgIpc) is 2.59. The van der Waals surface area contributed by atoms with Gasteiger partial charge in [-0.05, 0) is 33.6 Å². The Hall–Kier alpha value is -0.850. The summed E-state index contributed by atoms with van der Waals surface area (Å²) in [4.78, 5) is 7.22. The summed E-state index contributed by atoms with van der Waals surface area (Å²) in [5.41, 5.74) is -0.567. The monoisotopic (exact) mass is 340 g/mol. The van der Waals surface area contributed by atoms with Crippen molar-refractivity contribution in [2.24, 2.45) is 4.99 Å². The standard InChI is InChI=1S/C18H36N4O2/c1-4-19-16(21-15-18(23)8-6-5-7-9-18)20-14-17(2,3)22-10-12-24-13-11-22/h23H,4-15H2,1-3H3,(H2,19,20,21). The molecule has 1 aliphatic carbocycles. The van der Waals surface area contributed by atoms with Gasteiger partial charge in [0, 0.05) is 31.7 Å². The van der Waals surface area contributed by atoms with Crippen molar-refractivity contribution < 1.29 is 9.84 Å². The maximum atomic E-state index is 10.7. The quantitative estimate of drug-likeness (QED) is 0.503. The summed E-state index contributed by atoms with van der Waals surface area (Å²) in [6.45, 7) is 12.2. The van der Waals surface area contributed by atoms with Gasteiger partial charge in [0.25, 0.3) is 0 Å². The van der Waals surface area contributed by atoms with Crippen LogP contribution in [0.25, 0.3) is 0 Å². The number of nitrogens with zero attached hydrogens (tertiary/aromatic N) is 2. The molecule has 0 aromatic rings. The summed E-state index contributed by atoms with van der Waals surface area (Å²) < 4.78 is 5.45.